The summed E-state index contributed by atoms with van der Waals surface area (Å²) in [4.78, 5) is 20.0. The molecule has 2 aromatic rings. The summed E-state index contributed by atoms with van der Waals surface area (Å²) in [6.45, 7) is 1.90. The van der Waals surface area contributed by atoms with Gasteiger partial charge in [0, 0.05) is 16.8 Å². The number of hydrogen-bond donors (Lipinski definition) is 1. The van der Waals surface area contributed by atoms with Crippen LogP contribution in [0.15, 0.2) is 24.7 Å². The Kier molecular flexibility index (Phi) is 3.41. The summed E-state index contributed by atoms with van der Waals surface area (Å²) in [5.41, 5.74) is 1.27. The molecule has 0 bridgehead atoms. The fraction of sp³-hybridized carbons (Fsp3) is 0.182. The summed E-state index contributed by atoms with van der Waals surface area (Å²) in [6, 6.07) is 3.69. The largest absolute Gasteiger partial charge is 0.340 e. The van der Waals surface area contributed by atoms with E-state index < -0.39 is 0 Å². The van der Waals surface area contributed by atoms with Gasteiger partial charge >= 0.3 is 0 Å². The van der Waals surface area contributed by atoms with Gasteiger partial charge in [0.2, 0.25) is 0 Å². The van der Waals surface area contributed by atoms with E-state index in [0.717, 1.165) is 9.26 Å². The highest BCUT2D eigenvalue weighted by Crippen LogP contribution is 2.13. The SMILES string of the molecule is Cc1nc(NC(=O)c2cn(C)cn2)ccc1I. The van der Waals surface area contributed by atoms with Crippen molar-refractivity contribution in [2.45, 2.75) is 6.92 Å². The average molecular weight is 342 g/mol. The van der Waals surface area contributed by atoms with Crippen LogP contribution in [0.4, 0.5) is 5.82 Å². The topological polar surface area (TPSA) is 59.8 Å². The summed E-state index contributed by atoms with van der Waals surface area (Å²) in [5, 5.41) is 2.71. The predicted molar refractivity (Wildman–Crippen MR) is 72.9 cm³/mol. The lowest BCUT2D eigenvalue weighted by atomic mass is 10.3. The molecule has 0 aliphatic heterocycles. The molecule has 2 aromatic heterocycles. The summed E-state index contributed by atoms with van der Waals surface area (Å²) in [6.07, 6.45) is 3.25. The Bertz CT molecular complexity index is 564. The van der Waals surface area contributed by atoms with Crippen LogP contribution in [0.1, 0.15) is 16.2 Å². The first-order valence-electron chi connectivity index (χ1n) is 4.99. The number of carbonyl (C=O) groups is 1. The van der Waals surface area contributed by atoms with Crippen molar-refractivity contribution in [2.24, 2.45) is 7.05 Å². The number of imidazole rings is 1. The molecule has 5 nitrogen and oxygen atoms in total. The van der Waals surface area contributed by atoms with Gasteiger partial charge in [-0.1, -0.05) is 0 Å². The highest BCUT2D eigenvalue weighted by molar-refractivity contribution is 14.1. The number of carbonyl (C=O) groups excluding carboxylic acids is 1. The number of nitrogens with zero attached hydrogens (tertiary/aromatic N) is 3. The van der Waals surface area contributed by atoms with E-state index in [1.807, 2.05) is 20.0 Å². The summed E-state index contributed by atoms with van der Waals surface area (Å²) in [7, 11) is 1.82. The van der Waals surface area contributed by atoms with E-state index >= 15 is 0 Å². The zero-order chi connectivity index (χ0) is 12.4. The molecule has 1 amide bonds. The molecule has 0 fully saturated rings. The molecule has 0 saturated heterocycles. The minimum atomic E-state index is -0.251. The summed E-state index contributed by atoms with van der Waals surface area (Å²) >= 11 is 2.20. The molecule has 0 atom stereocenters. The van der Waals surface area contributed by atoms with E-state index in [1.54, 1.807) is 23.2 Å². The second-order valence-electron chi connectivity index (χ2n) is 3.64. The zero-order valence-electron chi connectivity index (χ0n) is 9.44. The molecular weight excluding hydrogens is 331 g/mol. The van der Waals surface area contributed by atoms with Gasteiger partial charge in [0.25, 0.3) is 5.91 Å². The van der Waals surface area contributed by atoms with E-state index in [0.29, 0.717) is 11.5 Å². The van der Waals surface area contributed by atoms with E-state index in [4.69, 9.17) is 0 Å². The van der Waals surface area contributed by atoms with Gasteiger partial charge in [-0.15, -0.1) is 0 Å². The smallest absolute Gasteiger partial charge is 0.276 e. The van der Waals surface area contributed by atoms with Crippen molar-refractivity contribution >= 4 is 34.3 Å². The van der Waals surface area contributed by atoms with Crippen LogP contribution in [0, 0.1) is 10.5 Å². The standard InChI is InChI=1S/C11H11IN4O/c1-7-8(12)3-4-10(14-7)15-11(17)9-5-16(2)6-13-9/h3-6H,1-2H3,(H,14,15,17). The molecular formula is C11H11IN4O. The van der Waals surface area contributed by atoms with E-state index in [1.165, 1.54) is 0 Å². The Balaban J connectivity index is 2.15. The van der Waals surface area contributed by atoms with Gasteiger partial charge in [-0.2, -0.15) is 0 Å². The number of amides is 1. The lowest BCUT2D eigenvalue weighted by Crippen LogP contribution is -2.13. The van der Waals surface area contributed by atoms with Crippen LogP contribution in [-0.4, -0.2) is 20.4 Å². The molecule has 0 spiro atoms. The number of halogens is 1. The Morgan fingerprint density at radius 1 is 1.47 bits per heavy atom. The first-order valence-corrected chi connectivity index (χ1v) is 6.06. The lowest BCUT2D eigenvalue weighted by Gasteiger charge is -2.04. The van der Waals surface area contributed by atoms with E-state index in [2.05, 4.69) is 37.9 Å². The van der Waals surface area contributed by atoms with Gasteiger partial charge in [0.15, 0.2) is 0 Å². The number of aryl methyl sites for hydroxylation is 2. The highest BCUT2D eigenvalue weighted by Gasteiger charge is 2.09. The molecule has 0 unspecified atom stereocenters. The molecule has 0 aliphatic rings. The maximum absolute atomic E-state index is 11.8. The molecule has 0 saturated carbocycles. The first-order chi connectivity index (χ1) is 8.06. The number of hydrogen-bond acceptors (Lipinski definition) is 3. The van der Waals surface area contributed by atoms with E-state index in [9.17, 15) is 4.79 Å². The fourth-order valence-electron chi connectivity index (χ4n) is 1.32. The van der Waals surface area contributed by atoms with Gasteiger partial charge < -0.3 is 9.88 Å². The second kappa shape index (κ2) is 4.82. The van der Waals surface area contributed by atoms with Crippen molar-refractivity contribution in [3.63, 3.8) is 0 Å². The zero-order valence-corrected chi connectivity index (χ0v) is 11.6. The molecule has 88 valence electrons. The monoisotopic (exact) mass is 342 g/mol. The molecule has 0 aromatic carbocycles. The van der Waals surface area contributed by atoms with Crippen LogP contribution < -0.4 is 5.32 Å². The van der Waals surface area contributed by atoms with Gasteiger partial charge in [-0.3, -0.25) is 4.79 Å². The molecule has 17 heavy (non-hydrogen) atoms. The van der Waals surface area contributed by atoms with Crippen LogP contribution in [-0.2, 0) is 7.05 Å². The van der Waals surface area contributed by atoms with Crippen molar-refractivity contribution in [2.75, 3.05) is 5.32 Å². The second-order valence-corrected chi connectivity index (χ2v) is 4.80. The molecule has 6 heteroatoms. The highest BCUT2D eigenvalue weighted by atomic mass is 127. The molecule has 2 rings (SSSR count). The quantitative estimate of drug-likeness (QED) is 0.849. The van der Waals surface area contributed by atoms with Crippen LogP contribution in [0.25, 0.3) is 0 Å². The van der Waals surface area contributed by atoms with Crippen molar-refractivity contribution in [3.8, 4) is 0 Å². The van der Waals surface area contributed by atoms with E-state index in [-0.39, 0.29) is 5.91 Å². The Morgan fingerprint density at radius 2 is 2.24 bits per heavy atom. The summed E-state index contributed by atoms with van der Waals surface area (Å²) in [5.74, 6) is 0.289. The van der Waals surface area contributed by atoms with Crippen molar-refractivity contribution < 1.29 is 4.79 Å². The molecule has 2 heterocycles. The van der Waals surface area contributed by atoms with Crippen LogP contribution >= 0.6 is 22.6 Å². The third kappa shape index (κ3) is 2.82. The van der Waals surface area contributed by atoms with Crippen molar-refractivity contribution in [3.05, 3.63) is 39.6 Å². The number of pyridine rings is 1. The minimum absolute atomic E-state index is 0.251. The number of rotatable bonds is 2. The average Bonchev–Trinajstić information content (AvgIpc) is 2.70. The molecule has 0 radical (unpaired) electrons. The number of anilines is 1. The number of aromatic nitrogens is 3. The van der Waals surface area contributed by atoms with Gasteiger partial charge in [-0.25, -0.2) is 9.97 Å². The van der Waals surface area contributed by atoms with Gasteiger partial charge in [0.05, 0.1) is 12.0 Å². The Morgan fingerprint density at radius 3 is 2.82 bits per heavy atom. The lowest BCUT2D eigenvalue weighted by molar-refractivity contribution is 0.102. The van der Waals surface area contributed by atoms with Crippen molar-refractivity contribution in [1.82, 2.24) is 14.5 Å². The third-order valence-corrected chi connectivity index (χ3v) is 3.34. The maximum Gasteiger partial charge on any atom is 0.276 e. The molecule has 0 aliphatic carbocycles. The third-order valence-electron chi connectivity index (χ3n) is 2.20. The Hall–Kier alpha value is -1.44. The maximum atomic E-state index is 11.8. The van der Waals surface area contributed by atoms with Gasteiger partial charge in [-0.05, 0) is 41.6 Å². The molecule has 1 N–H and O–H groups in total. The van der Waals surface area contributed by atoms with Crippen LogP contribution in [0.3, 0.4) is 0 Å². The van der Waals surface area contributed by atoms with Gasteiger partial charge in [0.1, 0.15) is 11.5 Å². The Labute approximate surface area is 112 Å². The normalized spacial score (nSPS) is 10.3. The minimum Gasteiger partial charge on any atom is -0.340 e. The summed E-state index contributed by atoms with van der Waals surface area (Å²) < 4.78 is 2.79. The fourth-order valence-corrected chi connectivity index (χ4v) is 1.62. The van der Waals surface area contributed by atoms with Crippen molar-refractivity contribution in [1.29, 1.82) is 0 Å². The number of nitrogens with one attached hydrogen (secondary N) is 1. The predicted octanol–water partition coefficient (Wildman–Crippen LogP) is 1.98. The van der Waals surface area contributed by atoms with Crippen LogP contribution in [0.5, 0.6) is 0 Å². The van der Waals surface area contributed by atoms with Crippen LogP contribution in [0.2, 0.25) is 0 Å². The first kappa shape index (κ1) is 12.0.